The molecule has 0 aliphatic carbocycles. The summed E-state index contributed by atoms with van der Waals surface area (Å²) < 4.78 is 0. The van der Waals surface area contributed by atoms with Gasteiger partial charge in [0.1, 0.15) is 0 Å². The molecule has 1 heterocycles. The molecule has 60 heavy (non-hydrogen) atoms. The summed E-state index contributed by atoms with van der Waals surface area (Å²) in [7, 11) is 0. The van der Waals surface area contributed by atoms with Crippen molar-refractivity contribution in [2.75, 3.05) is 0 Å². The Labute approximate surface area is 349 Å². The number of aromatic nitrogens is 3. The maximum absolute atomic E-state index is 5.13. The number of fused-ring (bicyclic) bond motifs is 3. The van der Waals surface area contributed by atoms with E-state index in [1.54, 1.807) is 0 Å². The summed E-state index contributed by atoms with van der Waals surface area (Å²) in [5, 5.41) is 7.04. The molecule has 3 heteroatoms. The van der Waals surface area contributed by atoms with Crippen molar-refractivity contribution in [3.63, 3.8) is 0 Å². The first kappa shape index (κ1) is 35.2. The molecule has 0 unspecified atom stereocenters. The quantitative estimate of drug-likeness (QED) is 0.152. The predicted octanol–water partition coefficient (Wildman–Crippen LogP) is 15.0. The van der Waals surface area contributed by atoms with Crippen molar-refractivity contribution in [2.24, 2.45) is 0 Å². The van der Waals surface area contributed by atoms with E-state index in [2.05, 4.69) is 188 Å². The van der Waals surface area contributed by atoms with Crippen LogP contribution in [0.25, 0.3) is 111 Å². The highest BCUT2D eigenvalue weighted by atomic mass is 15.0. The Morgan fingerprint density at radius 2 is 0.517 bits per heavy atom. The predicted molar refractivity (Wildman–Crippen MR) is 250 cm³/mol. The van der Waals surface area contributed by atoms with E-state index in [-0.39, 0.29) is 0 Å². The summed E-state index contributed by atoms with van der Waals surface area (Å²) >= 11 is 0. The second-order valence-electron chi connectivity index (χ2n) is 15.1. The Morgan fingerprint density at radius 1 is 0.200 bits per heavy atom. The van der Waals surface area contributed by atoms with E-state index >= 15 is 0 Å². The van der Waals surface area contributed by atoms with E-state index in [0.29, 0.717) is 17.5 Å². The number of nitrogens with zero attached hydrogens (tertiary/aromatic N) is 3. The van der Waals surface area contributed by atoms with Gasteiger partial charge in [0.25, 0.3) is 0 Å². The molecule has 0 spiro atoms. The summed E-state index contributed by atoms with van der Waals surface area (Å²) in [4.78, 5) is 15.2. The van der Waals surface area contributed by atoms with Gasteiger partial charge in [0, 0.05) is 16.7 Å². The normalized spacial score (nSPS) is 11.3. The fourth-order valence-electron chi connectivity index (χ4n) is 8.74. The largest absolute Gasteiger partial charge is 0.208 e. The van der Waals surface area contributed by atoms with Gasteiger partial charge in [-0.1, -0.05) is 200 Å². The number of hydrogen-bond donors (Lipinski definition) is 0. The van der Waals surface area contributed by atoms with Crippen molar-refractivity contribution < 1.29 is 0 Å². The molecule has 0 fully saturated rings. The monoisotopic (exact) mass is 763 g/mol. The summed E-state index contributed by atoms with van der Waals surface area (Å²) in [5.41, 5.74) is 12.4. The molecule has 0 bridgehead atoms. The molecule has 280 valence electrons. The fraction of sp³-hybridized carbons (Fsp3) is 0. The number of benzene rings is 10. The lowest BCUT2D eigenvalue weighted by atomic mass is 9.83. The van der Waals surface area contributed by atoms with Crippen LogP contribution in [0.5, 0.6) is 0 Å². The number of hydrogen-bond acceptors (Lipinski definition) is 3. The van der Waals surface area contributed by atoms with E-state index < -0.39 is 0 Å². The first-order valence-electron chi connectivity index (χ1n) is 20.4. The van der Waals surface area contributed by atoms with E-state index in [1.807, 2.05) is 36.4 Å². The zero-order valence-electron chi connectivity index (χ0n) is 32.7. The molecule has 11 rings (SSSR count). The minimum Gasteiger partial charge on any atom is -0.208 e. The van der Waals surface area contributed by atoms with Gasteiger partial charge in [-0.15, -0.1) is 0 Å². The van der Waals surface area contributed by atoms with Gasteiger partial charge in [-0.3, -0.25) is 0 Å². The van der Waals surface area contributed by atoms with Crippen LogP contribution in [-0.2, 0) is 0 Å². The van der Waals surface area contributed by atoms with Crippen LogP contribution in [0.3, 0.4) is 0 Å². The summed E-state index contributed by atoms with van der Waals surface area (Å²) in [5.74, 6) is 1.93. The van der Waals surface area contributed by atoms with E-state index in [4.69, 9.17) is 15.0 Å². The first-order chi connectivity index (χ1) is 29.8. The Hall–Kier alpha value is -8.01. The molecule has 0 saturated heterocycles. The van der Waals surface area contributed by atoms with Gasteiger partial charge in [-0.2, -0.15) is 0 Å². The first-order valence-corrected chi connectivity index (χ1v) is 20.4. The Bertz CT molecular complexity index is 3170. The van der Waals surface area contributed by atoms with Crippen LogP contribution in [0.4, 0.5) is 0 Å². The van der Waals surface area contributed by atoms with Gasteiger partial charge in [-0.05, 0) is 101 Å². The van der Waals surface area contributed by atoms with E-state index in [1.165, 1.54) is 60.5 Å². The lowest BCUT2D eigenvalue weighted by Gasteiger charge is -2.20. The van der Waals surface area contributed by atoms with Crippen molar-refractivity contribution in [3.05, 3.63) is 224 Å². The third kappa shape index (κ3) is 6.30. The van der Waals surface area contributed by atoms with Crippen molar-refractivity contribution >= 4 is 32.3 Å². The van der Waals surface area contributed by atoms with Crippen LogP contribution >= 0.6 is 0 Å². The molecule has 1 aromatic heterocycles. The van der Waals surface area contributed by atoms with Crippen LogP contribution in [-0.4, -0.2) is 15.0 Å². The molecular weight excluding hydrogens is 727 g/mol. The maximum atomic E-state index is 5.13. The SMILES string of the molecule is c1ccc(-c2cc(-c3ccccc3)cc(-c3c4ccccc4c(-c4ccc(-c5nc(-c6ccccc6)nc(-c6ccccc6)n5)c5ccccc45)c4ccccc34)c2)cc1. The molecule has 0 saturated carbocycles. The third-order valence-electron chi connectivity index (χ3n) is 11.5. The standard InChI is InChI=1S/C57H37N3/c1-5-19-38(20-6-1)42-35-43(39-21-7-2-8-22-39)37-44(36-42)53-47-29-15-17-31-49(47)54(50-32-18-16-30-48(50)53)51-33-34-52(46-28-14-13-27-45(46)51)57-59-55(40-23-9-3-10-24-40)58-56(60-57)41-25-11-4-12-26-41/h1-37H. The van der Waals surface area contributed by atoms with Crippen LogP contribution in [0, 0.1) is 0 Å². The van der Waals surface area contributed by atoms with Crippen LogP contribution in [0.2, 0.25) is 0 Å². The van der Waals surface area contributed by atoms with Gasteiger partial charge < -0.3 is 0 Å². The molecule has 0 aliphatic rings. The second-order valence-corrected chi connectivity index (χ2v) is 15.1. The van der Waals surface area contributed by atoms with Gasteiger partial charge in [0.15, 0.2) is 17.5 Å². The Kier molecular flexibility index (Phi) is 8.83. The van der Waals surface area contributed by atoms with Crippen LogP contribution < -0.4 is 0 Å². The van der Waals surface area contributed by atoms with Gasteiger partial charge >= 0.3 is 0 Å². The van der Waals surface area contributed by atoms with Crippen molar-refractivity contribution in [3.8, 4) is 78.7 Å². The van der Waals surface area contributed by atoms with Crippen molar-refractivity contribution in [2.45, 2.75) is 0 Å². The summed E-state index contributed by atoms with van der Waals surface area (Å²) in [6, 6.07) is 79.7. The average Bonchev–Trinajstić information content (AvgIpc) is 3.34. The Morgan fingerprint density at radius 3 is 0.967 bits per heavy atom. The van der Waals surface area contributed by atoms with Gasteiger partial charge in [0.05, 0.1) is 0 Å². The lowest BCUT2D eigenvalue weighted by molar-refractivity contribution is 1.08. The summed E-state index contributed by atoms with van der Waals surface area (Å²) in [6.07, 6.45) is 0. The zero-order valence-corrected chi connectivity index (χ0v) is 32.7. The molecule has 0 amide bonds. The highest BCUT2D eigenvalue weighted by molar-refractivity contribution is 6.24. The average molecular weight is 764 g/mol. The molecule has 3 nitrogen and oxygen atoms in total. The minimum atomic E-state index is 0.642. The molecule has 0 N–H and O–H groups in total. The third-order valence-corrected chi connectivity index (χ3v) is 11.5. The van der Waals surface area contributed by atoms with E-state index in [9.17, 15) is 0 Å². The highest BCUT2D eigenvalue weighted by Gasteiger charge is 2.21. The molecule has 0 radical (unpaired) electrons. The molecular formula is C57H37N3. The minimum absolute atomic E-state index is 0.642. The van der Waals surface area contributed by atoms with Crippen molar-refractivity contribution in [1.29, 1.82) is 0 Å². The molecule has 10 aromatic carbocycles. The molecule has 0 atom stereocenters. The summed E-state index contributed by atoms with van der Waals surface area (Å²) in [6.45, 7) is 0. The smallest absolute Gasteiger partial charge is 0.164 e. The number of rotatable bonds is 7. The van der Waals surface area contributed by atoms with Crippen LogP contribution in [0.15, 0.2) is 224 Å². The van der Waals surface area contributed by atoms with Gasteiger partial charge in [0.2, 0.25) is 0 Å². The molecule has 0 aliphatic heterocycles. The van der Waals surface area contributed by atoms with Crippen molar-refractivity contribution in [1.82, 2.24) is 15.0 Å². The van der Waals surface area contributed by atoms with E-state index in [0.717, 1.165) is 33.0 Å². The van der Waals surface area contributed by atoms with Gasteiger partial charge in [-0.25, -0.2) is 15.0 Å². The lowest BCUT2D eigenvalue weighted by Crippen LogP contribution is -2.00. The molecule has 11 aromatic rings. The second kappa shape index (κ2) is 15.1. The van der Waals surface area contributed by atoms with Crippen LogP contribution in [0.1, 0.15) is 0 Å². The maximum Gasteiger partial charge on any atom is 0.164 e. The topological polar surface area (TPSA) is 38.7 Å². The Balaban J connectivity index is 1.15. The zero-order chi connectivity index (χ0) is 39.8. The highest BCUT2D eigenvalue weighted by Crippen LogP contribution is 2.47. The fourth-order valence-corrected chi connectivity index (χ4v) is 8.74.